The Balaban J connectivity index is 2.80. The molecule has 1 aromatic rings. The van der Waals surface area contributed by atoms with Gasteiger partial charge in [0.05, 0.1) is 11.8 Å². The fourth-order valence-corrected chi connectivity index (χ4v) is 0.998. The molecule has 0 bridgehead atoms. The molecule has 0 heterocycles. The summed E-state index contributed by atoms with van der Waals surface area (Å²) in [7, 11) is 0. The molecular weight excluding hydrogens is 251 g/mol. The highest BCUT2D eigenvalue weighted by Gasteiger charge is 2.17. The number of rotatable bonds is 2. The SMILES string of the molecule is N#CCNC(=O)C(=O)Nc1cc(F)c(F)cc1F. The van der Waals surface area contributed by atoms with Crippen LogP contribution in [0.1, 0.15) is 0 Å². The molecule has 0 aliphatic rings. The first-order valence-electron chi connectivity index (χ1n) is 4.56. The maximum Gasteiger partial charge on any atom is 0.313 e. The number of carbonyl (C=O) groups excluding carboxylic acids is 2. The molecule has 0 fully saturated rings. The van der Waals surface area contributed by atoms with Crippen LogP contribution in [-0.4, -0.2) is 18.4 Å². The number of hydrogen-bond acceptors (Lipinski definition) is 3. The van der Waals surface area contributed by atoms with Crippen LogP contribution in [0.4, 0.5) is 18.9 Å². The zero-order chi connectivity index (χ0) is 13.7. The second-order valence-corrected chi connectivity index (χ2v) is 3.04. The van der Waals surface area contributed by atoms with Crippen LogP contribution in [0.15, 0.2) is 12.1 Å². The summed E-state index contributed by atoms with van der Waals surface area (Å²) in [6.07, 6.45) is 0. The summed E-state index contributed by atoms with van der Waals surface area (Å²) in [6, 6.07) is 2.19. The average Bonchev–Trinajstić information content (AvgIpc) is 2.32. The molecule has 18 heavy (non-hydrogen) atoms. The minimum absolute atomic E-state index is 0.234. The average molecular weight is 257 g/mol. The third-order valence-corrected chi connectivity index (χ3v) is 1.79. The van der Waals surface area contributed by atoms with E-state index in [0.717, 1.165) is 0 Å². The molecule has 0 radical (unpaired) electrons. The van der Waals surface area contributed by atoms with Gasteiger partial charge in [-0.1, -0.05) is 0 Å². The molecule has 0 atom stereocenters. The van der Waals surface area contributed by atoms with Gasteiger partial charge >= 0.3 is 11.8 Å². The van der Waals surface area contributed by atoms with Crippen molar-refractivity contribution in [1.82, 2.24) is 5.32 Å². The van der Waals surface area contributed by atoms with Crippen LogP contribution >= 0.6 is 0 Å². The predicted octanol–water partition coefficient (Wildman–Crippen LogP) is 0.682. The second-order valence-electron chi connectivity index (χ2n) is 3.04. The molecule has 1 aromatic carbocycles. The zero-order valence-electron chi connectivity index (χ0n) is 8.76. The van der Waals surface area contributed by atoms with Crippen LogP contribution < -0.4 is 10.6 Å². The topological polar surface area (TPSA) is 82.0 Å². The molecule has 0 aliphatic heterocycles. The summed E-state index contributed by atoms with van der Waals surface area (Å²) in [4.78, 5) is 22.2. The van der Waals surface area contributed by atoms with Crippen molar-refractivity contribution in [2.75, 3.05) is 11.9 Å². The lowest BCUT2D eigenvalue weighted by molar-refractivity contribution is -0.136. The van der Waals surface area contributed by atoms with Gasteiger partial charge in [0, 0.05) is 12.1 Å². The number of anilines is 1. The lowest BCUT2D eigenvalue weighted by Gasteiger charge is -2.06. The van der Waals surface area contributed by atoms with Crippen LogP contribution in [0.5, 0.6) is 0 Å². The third kappa shape index (κ3) is 3.21. The lowest BCUT2D eigenvalue weighted by Crippen LogP contribution is -2.35. The van der Waals surface area contributed by atoms with E-state index in [9.17, 15) is 22.8 Å². The standard InChI is InChI=1S/C10H6F3N3O2/c11-5-3-7(13)8(4-6(5)12)16-10(18)9(17)15-2-1-14/h3-4H,2H2,(H,15,17)(H,16,18). The molecule has 1 rings (SSSR count). The smallest absolute Gasteiger partial charge is 0.313 e. The molecule has 0 saturated carbocycles. The van der Waals surface area contributed by atoms with Gasteiger partial charge in [-0.05, 0) is 0 Å². The Bertz CT molecular complexity index is 540. The summed E-state index contributed by atoms with van der Waals surface area (Å²) >= 11 is 0. The van der Waals surface area contributed by atoms with Crippen molar-refractivity contribution in [3.8, 4) is 6.07 Å². The Kier molecular flexibility index (Phi) is 4.26. The predicted molar refractivity (Wildman–Crippen MR) is 53.6 cm³/mol. The van der Waals surface area contributed by atoms with E-state index in [4.69, 9.17) is 5.26 Å². The van der Waals surface area contributed by atoms with E-state index in [0.29, 0.717) is 6.07 Å². The number of carbonyl (C=O) groups is 2. The van der Waals surface area contributed by atoms with Gasteiger partial charge in [-0.15, -0.1) is 0 Å². The van der Waals surface area contributed by atoms with Crippen molar-refractivity contribution in [2.24, 2.45) is 0 Å². The van der Waals surface area contributed by atoms with Gasteiger partial charge in [-0.25, -0.2) is 13.2 Å². The van der Waals surface area contributed by atoms with E-state index in [1.165, 1.54) is 0 Å². The Labute approximate surface area is 99.2 Å². The number of nitriles is 1. The summed E-state index contributed by atoms with van der Waals surface area (Å²) < 4.78 is 38.5. The van der Waals surface area contributed by atoms with E-state index in [2.05, 4.69) is 0 Å². The molecule has 94 valence electrons. The van der Waals surface area contributed by atoms with Crippen molar-refractivity contribution in [2.45, 2.75) is 0 Å². The first kappa shape index (κ1) is 13.5. The maximum absolute atomic E-state index is 13.1. The zero-order valence-corrected chi connectivity index (χ0v) is 8.76. The minimum Gasteiger partial charge on any atom is -0.335 e. The number of nitrogens with zero attached hydrogens (tertiary/aromatic N) is 1. The molecular formula is C10H6F3N3O2. The Morgan fingerprint density at radius 1 is 1.11 bits per heavy atom. The molecule has 5 nitrogen and oxygen atoms in total. The maximum atomic E-state index is 13.1. The largest absolute Gasteiger partial charge is 0.335 e. The number of halogens is 3. The third-order valence-electron chi connectivity index (χ3n) is 1.79. The molecule has 0 saturated heterocycles. The van der Waals surface area contributed by atoms with Gasteiger partial charge in [0.25, 0.3) is 0 Å². The van der Waals surface area contributed by atoms with E-state index >= 15 is 0 Å². The Morgan fingerprint density at radius 2 is 1.72 bits per heavy atom. The highest BCUT2D eigenvalue weighted by atomic mass is 19.2. The van der Waals surface area contributed by atoms with E-state index in [-0.39, 0.29) is 6.07 Å². The highest BCUT2D eigenvalue weighted by Crippen LogP contribution is 2.18. The van der Waals surface area contributed by atoms with Crippen molar-refractivity contribution in [1.29, 1.82) is 5.26 Å². The summed E-state index contributed by atoms with van der Waals surface area (Å²) in [6.45, 7) is -0.410. The molecule has 0 unspecified atom stereocenters. The normalized spacial score (nSPS) is 9.44. The number of amides is 2. The van der Waals surface area contributed by atoms with Crippen LogP contribution in [0.25, 0.3) is 0 Å². The fraction of sp³-hybridized carbons (Fsp3) is 0.100. The van der Waals surface area contributed by atoms with E-state index in [1.807, 2.05) is 5.32 Å². The van der Waals surface area contributed by atoms with Gasteiger partial charge in [-0.3, -0.25) is 9.59 Å². The lowest BCUT2D eigenvalue weighted by atomic mass is 10.2. The molecule has 2 amide bonds. The van der Waals surface area contributed by atoms with Crippen LogP contribution in [0.3, 0.4) is 0 Å². The number of nitrogens with one attached hydrogen (secondary N) is 2. The van der Waals surface area contributed by atoms with E-state index in [1.54, 1.807) is 11.4 Å². The van der Waals surface area contributed by atoms with Crippen LogP contribution in [-0.2, 0) is 9.59 Å². The van der Waals surface area contributed by atoms with Gasteiger partial charge in [0.15, 0.2) is 11.6 Å². The van der Waals surface area contributed by atoms with Gasteiger partial charge < -0.3 is 10.6 Å². The molecule has 0 spiro atoms. The molecule has 0 aliphatic carbocycles. The summed E-state index contributed by atoms with van der Waals surface area (Å²) in [5, 5.41) is 11.8. The van der Waals surface area contributed by atoms with Crippen molar-refractivity contribution < 1.29 is 22.8 Å². The summed E-state index contributed by atoms with van der Waals surface area (Å²) in [5.41, 5.74) is -0.675. The van der Waals surface area contributed by atoms with Gasteiger partial charge in [0.2, 0.25) is 0 Å². The highest BCUT2D eigenvalue weighted by molar-refractivity contribution is 6.39. The Hall–Kier alpha value is -2.56. The molecule has 2 N–H and O–H groups in total. The van der Waals surface area contributed by atoms with Crippen LogP contribution in [0, 0.1) is 28.8 Å². The van der Waals surface area contributed by atoms with Crippen molar-refractivity contribution >= 4 is 17.5 Å². The van der Waals surface area contributed by atoms with Crippen molar-refractivity contribution in [3.05, 3.63) is 29.6 Å². The molecule has 0 aromatic heterocycles. The van der Waals surface area contributed by atoms with Crippen LogP contribution in [0.2, 0.25) is 0 Å². The monoisotopic (exact) mass is 257 g/mol. The summed E-state index contributed by atoms with van der Waals surface area (Å²) in [5.74, 6) is -6.50. The number of hydrogen-bond donors (Lipinski definition) is 2. The first-order chi connectivity index (χ1) is 8.45. The van der Waals surface area contributed by atoms with Gasteiger partial charge in [0.1, 0.15) is 12.4 Å². The van der Waals surface area contributed by atoms with Crippen molar-refractivity contribution in [3.63, 3.8) is 0 Å². The second kappa shape index (κ2) is 5.67. The molecule has 8 heteroatoms. The number of benzene rings is 1. The van der Waals surface area contributed by atoms with E-state index < -0.39 is 41.5 Å². The van der Waals surface area contributed by atoms with Gasteiger partial charge in [-0.2, -0.15) is 5.26 Å². The first-order valence-corrected chi connectivity index (χ1v) is 4.56. The quantitative estimate of drug-likeness (QED) is 0.464. The Morgan fingerprint density at radius 3 is 2.33 bits per heavy atom. The minimum atomic E-state index is -1.42. The fourth-order valence-electron chi connectivity index (χ4n) is 0.998.